The number of rotatable bonds is 6. The highest BCUT2D eigenvalue weighted by molar-refractivity contribution is 5.91. The van der Waals surface area contributed by atoms with Crippen molar-refractivity contribution in [2.75, 3.05) is 11.9 Å². The van der Waals surface area contributed by atoms with E-state index in [0.717, 1.165) is 12.8 Å². The molecule has 22 heavy (non-hydrogen) atoms. The molecule has 1 aromatic rings. The maximum Gasteiger partial charge on any atom is 0.319 e. The number of aliphatic hydroxyl groups excluding tert-OH is 1. The standard InChI is InChI=1S/C17H26N2O3/c1-3-17(2,12-20)19-16(21)18-14-10-6-7-11-15(14)22-13-8-4-5-9-13/h6-7,10-11,13,20H,3-5,8-9,12H2,1-2H3,(H2,18,19,21). The smallest absolute Gasteiger partial charge is 0.319 e. The van der Waals surface area contributed by atoms with Gasteiger partial charge < -0.3 is 20.5 Å². The van der Waals surface area contributed by atoms with Gasteiger partial charge in [-0.15, -0.1) is 0 Å². The number of nitrogens with one attached hydrogen (secondary N) is 2. The Morgan fingerprint density at radius 3 is 2.68 bits per heavy atom. The summed E-state index contributed by atoms with van der Waals surface area (Å²) < 4.78 is 6.00. The number of hydrogen-bond acceptors (Lipinski definition) is 3. The van der Waals surface area contributed by atoms with Gasteiger partial charge in [-0.05, 0) is 51.2 Å². The highest BCUT2D eigenvalue weighted by Crippen LogP contribution is 2.29. The highest BCUT2D eigenvalue weighted by Gasteiger charge is 2.24. The molecule has 0 radical (unpaired) electrons. The maximum atomic E-state index is 12.1. The molecule has 1 saturated carbocycles. The van der Waals surface area contributed by atoms with Crippen LogP contribution in [0.1, 0.15) is 46.0 Å². The van der Waals surface area contributed by atoms with Gasteiger partial charge in [-0.1, -0.05) is 19.1 Å². The van der Waals surface area contributed by atoms with E-state index in [2.05, 4.69) is 10.6 Å². The SMILES string of the molecule is CCC(C)(CO)NC(=O)Nc1ccccc1OC1CCCC1. The summed E-state index contributed by atoms with van der Waals surface area (Å²) in [6, 6.07) is 7.13. The summed E-state index contributed by atoms with van der Waals surface area (Å²) in [5, 5.41) is 15.0. The van der Waals surface area contributed by atoms with Gasteiger partial charge in [0.25, 0.3) is 0 Å². The molecule has 0 aliphatic heterocycles. The molecule has 0 saturated heterocycles. The Bertz CT molecular complexity index is 494. The zero-order chi connectivity index (χ0) is 16.0. The van der Waals surface area contributed by atoms with Crippen molar-refractivity contribution >= 4 is 11.7 Å². The molecular formula is C17H26N2O3. The van der Waals surface area contributed by atoms with Gasteiger partial charge in [-0.3, -0.25) is 0 Å². The third-order valence-electron chi connectivity index (χ3n) is 4.28. The fraction of sp³-hybridized carbons (Fsp3) is 0.588. The number of urea groups is 1. The first-order chi connectivity index (χ1) is 10.6. The van der Waals surface area contributed by atoms with Gasteiger partial charge >= 0.3 is 6.03 Å². The van der Waals surface area contributed by atoms with Crippen LogP contribution in [0.25, 0.3) is 0 Å². The van der Waals surface area contributed by atoms with E-state index in [1.165, 1.54) is 12.8 Å². The second-order valence-electron chi connectivity index (χ2n) is 6.17. The number of hydrogen-bond donors (Lipinski definition) is 3. The fourth-order valence-electron chi connectivity index (χ4n) is 2.53. The van der Waals surface area contributed by atoms with Crippen LogP contribution in [0.4, 0.5) is 10.5 Å². The van der Waals surface area contributed by atoms with Gasteiger partial charge in [0.2, 0.25) is 0 Å². The summed E-state index contributed by atoms with van der Waals surface area (Å²) in [5.74, 6) is 0.701. The topological polar surface area (TPSA) is 70.6 Å². The van der Waals surface area contributed by atoms with Crippen LogP contribution in [0.15, 0.2) is 24.3 Å². The highest BCUT2D eigenvalue weighted by atomic mass is 16.5. The lowest BCUT2D eigenvalue weighted by Crippen LogP contribution is -2.50. The number of benzene rings is 1. The molecule has 5 heteroatoms. The number of carbonyl (C=O) groups is 1. The summed E-state index contributed by atoms with van der Waals surface area (Å²) in [5.41, 5.74) is 0.0361. The van der Waals surface area contributed by atoms with Gasteiger partial charge in [-0.2, -0.15) is 0 Å². The summed E-state index contributed by atoms with van der Waals surface area (Å²) in [7, 11) is 0. The first-order valence-corrected chi connectivity index (χ1v) is 8.02. The van der Waals surface area contributed by atoms with Gasteiger partial charge in [-0.25, -0.2) is 4.79 Å². The third kappa shape index (κ3) is 4.37. The Kier molecular flexibility index (Phi) is 5.66. The number of para-hydroxylation sites is 2. The zero-order valence-corrected chi connectivity index (χ0v) is 13.4. The van der Waals surface area contributed by atoms with E-state index in [4.69, 9.17) is 4.74 Å². The van der Waals surface area contributed by atoms with Crippen molar-refractivity contribution in [1.82, 2.24) is 5.32 Å². The lowest BCUT2D eigenvalue weighted by Gasteiger charge is -2.27. The van der Waals surface area contributed by atoms with Crippen LogP contribution >= 0.6 is 0 Å². The average Bonchev–Trinajstić information content (AvgIpc) is 3.02. The molecule has 1 aliphatic rings. The number of carbonyl (C=O) groups excluding carboxylic acids is 1. The summed E-state index contributed by atoms with van der Waals surface area (Å²) in [4.78, 5) is 12.1. The van der Waals surface area contributed by atoms with Crippen LogP contribution in [0.2, 0.25) is 0 Å². The van der Waals surface area contributed by atoms with Crippen LogP contribution in [0.3, 0.4) is 0 Å². The summed E-state index contributed by atoms with van der Waals surface area (Å²) in [6.45, 7) is 3.64. The van der Waals surface area contributed by atoms with Crippen molar-refractivity contribution in [2.45, 2.75) is 57.6 Å². The zero-order valence-electron chi connectivity index (χ0n) is 13.4. The molecule has 0 heterocycles. The second kappa shape index (κ2) is 7.49. The van der Waals surface area contributed by atoms with Crippen LogP contribution in [0.5, 0.6) is 5.75 Å². The first kappa shape index (κ1) is 16.6. The molecule has 1 atom stereocenters. The Morgan fingerprint density at radius 2 is 2.05 bits per heavy atom. The molecule has 1 aromatic carbocycles. The Balaban J connectivity index is 2.01. The molecule has 0 bridgehead atoms. The van der Waals surface area contributed by atoms with Crippen molar-refractivity contribution in [3.63, 3.8) is 0 Å². The average molecular weight is 306 g/mol. The molecule has 2 amide bonds. The normalized spacial score (nSPS) is 17.8. The van der Waals surface area contributed by atoms with Gasteiger partial charge in [0.1, 0.15) is 5.75 Å². The quantitative estimate of drug-likeness (QED) is 0.755. The summed E-state index contributed by atoms with van der Waals surface area (Å²) in [6.07, 6.45) is 5.43. The molecule has 3 N–H and O–H groups in total. The van der Waals surface area contributed by atoms with Crippen LogP contribution in [-0.4, -0.2) is 29.4 Å². The van der Waals surface area contributed by atoms with E-state index in [-0.39, 0.29) is 18.7 Å². The number of anilines is 1. The fourth-order valence-corrected chi connectivity index (χ4v) is 2.53. The molecule has 0 aromatic heterocycles. The van der Waals surface area contributed by atoms with Crippen molar-refractivity contribution in [1.29, 1.82) is 0 Å². The van der Waals surface area contributed by atoms with E-state index in [0.29, 0.717) is 17.9 Å². The Labute approximate surface area is 132 Å². The number of amides is 2. The van der Waals surface area contributed by atoms with Crippen molar-refractivity contribution in [3.05, 3.63) is 24.3 Å². The van der Waals surface area contributed by atoms with Crippen LogP contribution in [-0.2, 0) is 0 Å². The molecular weight excluding hydrogens is 280 g/mol. The maximum absolute atomic E-state index is 12.1. The number of ether oxygens (including phenoxy) is 1. The van der Waals surface area contributed by atoms with Crippen LogP contribution in [0, 0.1) is 0 Å². The predicted octanol–water partition coefficient (Wildman–Crippen LogP) is 3.29. The van der Waals surface area contributed by atoms with E-state index in [1.54, 1.807) is 0 Å². The molecule has 5 nitrogen and oxygen atoms in total. The minimum absolute atomic E-state index is 0.100. The Morgan fingerprint density at radius 1 is 1.36 bits per heavy atom. The molecule has 1 aliphatic carbocycles. The van der Waals surface area contributed by atoms with Crippen LogP contribution < -0.4 is 15.4 Å². The molecule has 1 fully saturated rings. The minimum atomic E-state index is -0.620. The molecule has 2 rings (SSSR count). The van der Waals surface area contributed by atoms with Crippen molar-refractivity contribution in [2.24, 2.45) is 0 Å². The first-order valence-electron chi connectivity index (χ1n) is 8.02. The van der Waals surface area contributed by atoms with Gasteiger partial charge in [0, 0.05) is 0 Å². The third-order valence-corrected chi connectivity index (χ3v) is 4.28. The van der Waals surface area contributed by atoms with Crippen molar-refractivity contribution < 1.29 is 14.6 Å². The van der Waals surface area contributed by atoms with E-state index in [9.17, 15) is 9.90 Å². The van der Waals surface area contributed by atoms with Crippen molar-refractivity contribution in [3.8, 4) is 5.75 Å². The Hall–Kier alpha value is -1.75. The second-order valence-corrected chi connectivity index (χ2v) is 6.17. The number of aliphatic hydroxyl groups is 1. The lowest BCUT2D eigenvalue weighted by atomic mass is 10.0. The van der Waals surface area contributed by atoms with Gasteiger partial charge in [0.15, 0.2) is 0 Å². The van der Waals surface area contributed by atoms with E-state index in [1.807, 2.05) is 38.1 Å². The predicted molar refractivity (Wildman–Crippen MR) is 87.3 cm³/mol. The lowest BCUT2D eigenvalue weighted by molar-refractivity contribution is 0.172. The monoisotopic (exact) mass is 306 g/mol. The van der Waals surface area contributed by atoms with Gasteiger partial charge in [0.05, 0.1) is 23.9 Å². The molecule has 122 valence electrons. The minimum Gasteiger partial charge on any atom is -0.488 e. The van der Waals surface area contributed by atoms with E-state index < -0.39 is 5.54 Å². The molecule has 0 spiro atoms. The summed E-state index contributed by atoms with van der Waals surface area (Å²) >= 11 is 0. The van der Waals surface area contributed by atoms with E-state index >= 15 is 0 Å². The molecule has 1 unspecified atom stereocenters. The largest absolute Gasteiger partial charge is 0.488 e.